The van der Waals surface area contributed by atoms with E-state index in [1.165, 1.54) is 24.3 Å². The molecule has 3 aromatic rings. The molecule has 4 rings (SSSR count). The fourth-order valence-electron chi connectivity index (χ4n) is 2.89. The van der Waals surface area contributed by atoms with Gasteiger partial charge in [-0.3, -0.25) is 14.9 Å². The number of benzene rings is 2. The highest BCUT2D eigenvalue weighted by Crippen LogP contribution is 2.33. The summed E-state index contributed by atoms with van der Waals surface area (Å²) in [6, 6.07) is 11.2. The Hall–Kier alpha value is -3.95. The van der Waals surface area contributed by atoms with Crippen molar-refractivity contribution in [2.24, 2.45) is 0 Å². The molecule has 0 N–H and O–H groups in total. The van der Waals surface area contributed by atoms with Gasteiger partial charge in [0.15, 0.2) is 17.6 Å². The summed E-state index contributed by atoms with van der Waals surface area (Å²) in [4.78, 5) is 22.4. The van der Waals surface area contributed by atoms with Gasteiger partial charge in [-0.2, -0.15) is 0 Å². The van der Waals surface area contributed by atoms with Crippen LogP contribution in [0.5, 0.6) is 11.5 Å². The van der Waals surface area contributed by atoms with E-state index in [0.717, 1.165) is 5.56 Å². The van der Waals surface area contributed by atoms with Gasteiger partial charge < -0.3 is 18.6 Å². The lowest BCUT2D eigenvalue weighted by molar-refractivity contribution is -0.384. The van der Waals surface area contributed by atoms with Gasteiger partial charge in [0.2, 0.25) is 12.7 Å². The van der Waals surface area contributed by atoms with Crippen LogP contribution in [0.25, 0.3) is 11.5 Å². The highest BCUT2D eigenvalue weighted by Gasteiger charge is 2.20. The maximum atomic E-state index is 12.2. The number of fused-ring (bicyclic) bond motifs is 1. The molecule has 1 aliphatic rings. The minimum atomic E-state index is -0.728. The largest absolute Gasteiger partial charge is 0.454 e. The molecule has 2 heterocycles. The molecular weight excluding hydrogens is 394 g/mol. The van der Waals surface area contributed by atoms with Crippen LogP contribution in [0, 0.1) is 10.1 Å². The van der Waals surface area contributed by atoms with Crippen molar-refractivity contribution in [3.8, 4) is 23.0 Å². The lowest BCUT2D eigenvalue weighted by atomic mass is 10.1. The number of carbonyl (C=O) groups is 1. The number of hydrogen-bond acceptors (Lipinski definition) is 9. The molecule has 0 unspecified atom stereocenters. The first-order valence-corrected chi connectivity index (χ1v) is 9.16. The zero-order valence-corrected chi connectivity index (χ0v) is 15.9. The Kier molecular flexibility index (Phi) is 5.29. The van der Waals surface area contributed by atoms with E-state index in [2.05, 4.69) is 10.2 Å². The summed E-state index contributed by atoms with van der Waals surface area (Å²) < 4.78 is 21.5. The van der Waals surface area contributed by atoms with Crippen molar-refractivity contribution < 1.29 is 28.3 Å². The van der Waals surface area contributed by atoms with E-state index in [4.69, 9.17) is 18.6 Å². The third kappa shape index (κ3) is 4.22. The van der Waals surface area contributed by atoms with Crippen molar-refractivity contribution in [1.29, 1.82) is 0 Å². The van der Waals surface area contributed by atoms with Crippen LogP contribution in [0.2, 0.25) is 0 Å². The lowest BCUT2D eigenvalue weighted by Crippen LogP contribution is -2.10. The lowest BCUT2D eigenvalue weighted by Gasteiger charge is -2.09. The Balaban J connectivity index is 1.33. The molecule has 1 aliphatic heterocycles. The van der Waals surface area contributed by atoms with Crippen LogP contribution in [0.1, 0.15) is 30.9 Å². The van der Waals surface area contributed by atoms with Crippen LogP contribution in [0.3, 0.4) is 0 Å². The number of nitro benzene ring substituents is 1. The number of nitrogens with zero attached hydrogens (tertiary/aromatic N) is 3. The van der Waals surface area contributed by atoms with Crippen LogP contribution in [-0.2, 0) is 16.0 Å². The second-order valence-electron chi connectivity index (χ2n) is 6.57. The van der Waals surface area contributed by atoms with Crippen molar-refractivity contribution in [3.05, 3.63) is 64.0 Å². The first kappa shape index (κ1) is 19.4. The number of aromatic nitrogens is 2. The molecule has 0 fully saturated rings. The van der Waals surface area contributed by atoms with E-state index in [1.54, 1.807) is 6.92 Å². The van der Waals surface area contributed by atoms with E-state index in [0.29, 0.717) is 23.5 Å². The summed E-state index contributed by atoms with van der Waals surface area (Å²) >= 11 is 0. The maximum absolute atomic E-state index is 12.2. The first-order chi connectivity index (χ1) is 14.5. The van der Waals surface area contributed by atoms with E-state index < -0.39 is 17.0 Å². The number of hydrogen-bond donors (Lipinski definition) is 0. The number of aryl methyl sites for hydroxylation is 1. The minimum Gasteiger partial charge on any atom is -0.454 e. The van der Waals surface area contributed by atoms with Crippen molar-refractivity contribution in [2.75, 3.05) is 6.79 Å². The van der Waals surface area contributed by atoms with Gasteiger partial charge in [-0.25, -0.2) is 0 Å². The number of ether oxygens (including phenoxy) is 3. The molecule has 154 valence electrons. The molecule has 0 bridgehead atoms. The van der Waals surface area contributed by atoms with Gasteiger partial charge in [0.25, 0.3) is 11.6 Å². The van der Waals surface area contributed by atoms with Gasteiger partial charge in [0.05, 0.1) is 4.92 Å². The predicted octanol–water partition coefficient (Wildman–Crippen LogP) is 3.61. The average molecular weight is 411 g/mol. The van der Waals surface area contributed by atoms with E-state index in [-0.39, 0.29) is 30.7 Å². The smallest absolute Gasteiger partial charge is 0.306 e. The van der Waals surface area contributed by atoms with Gasteiger partial charge >= 0.3 is 5.97 Å². The Bertz CT molecular complexity index is 1080. The Morgan fingerprint density at radius 1 is 1.17 bits per heavy atom. The zero-order chi connectivity index (χ0) is 21.1. The SMILES string of the molecule is C[C@H](OC(=O)CCc1ccc2c(c1)OCO2)c1nnc(-c2ccc([N+](=O)[O-])cc2)o1. The molecule has 0 saturated carbocycles. The number of carbonyl (C=O) groups excluding carboxylic acids is 1. The summed E-state index contributed by atoms with van der Waals surface area (Å²) in [5.74, 6) is 1.27. The number of esters is 1. The van der Waals surface area contributed by atoms with Gasteiger partial charge in [-0.1, -0.05) is 6.07 Å². The molecule has 0 amide bonds. The molecule has 0 radical (unpaired) electrons. The van der Waals surface area contributed by atoms with Crippen LogP contribution < -0.4 is 9.47 Å². The first-order valence-electron chi connectivity index (χ1n) is 9.16. The fraction of sp³-hybridized carbons (Fsp3) is 0.250. The quantitative estimate of drug-likeness (QED) is 0.325. The maximum Gasteiger partial charge on any atom is 0.306 e. The Labute approximate surface area is 170 Å². The highest BCUT2D eigenvalue weighted by atomic mass is 16.7. The second kappa shape index (κ2) is 8.19. The molecule has 0 spiro atoms. The normalized spacial score (nSPS) is 13.1. The number of rotatable bonds is 7. The van der Waals surface area contributed by atoms with E-state index in [9.17, 15) is 14.9 Å². The molecule has 0 saturated heterocycles. The monoisotopic (exact) mass is 411 g/mol. The highest BCUT2D eigenvalue weighted by molar-refractivity contribution is 5.70. The Morgan fingerprint density at radius 2 is 1.93 bits per heavy atom. The molecule has 30 heavy (non-hydrogen) atoms. The van der Waals surface area contributed by atoms with E-state index in [1.807, 2.05) is 18.2 Å². The molecule has 2 aromatic carbocycles. The second-order valence-corrected chi connectivity index (χ2v) is 6.57. The van der Waals surface area contributed by atoms with Gasteiger partial charge in [-0.05, 0) is 43.2 Å². The molecule has 10 heteroatoms. The number of non-ortho nitro benzene ring substituents is 1. The van der Waals surface area contributed by atoms with E-state index >= 15 is 0 Å². The zero-order valence-electron chi connectivity index (χ0n) is 15.9. The van der Waals surface area contributed by atoms with Gasteiger partial charge in [-0.15, -0.1) is 10.2 Å². The van der Waals surface area contributed by atoms with Gasteiger partial charge in [0.1, 0.15) is 0 Å². The van der Waals surface area contributed by atoms with Crippen LogP contribution in [0.15, 0.2) is 46.9 Å². The predicted molar refractivity (Wildman–Crippen MR) is 102 cm³/mol. The molecule has 10 nitrogen and oxygen atoms in total. The standard InChI is InChI=1S/C20H17N3O7/c1-12(19-21-22-20(30-19)14-4-6-15(7-5-14)23(25)26)29-18(24)9-3-13-2-8-16-17(10-13)28-11-27-16/h2,4-8,10,12H,3,9,11H2,1H3/t12-/m0/s1. The summed E-state index contributed by atoms with van der Waals surface area (Å²) in [5, 5.41) is 18.5. The summed E-state index contributed by atoms with van der Waals surface area (Å²) in [7, 11) is 0. The van der Waals surface area contributed by atoms with Crippen LogP contribution in [0.4, 0.5) is 5.69 Å². The van der Waals surface area contributed by atoms with Crippen molar-refractivity contribution in [3.63, 3.8) is 0 Å². The average Bonchev–Trinajstić information content (AvgIpc) is 3.41. The Morgan fingerprint density at radius 3 is 2.70 bits per heavy atom. The minimum absolute atomic E-state index is 0.0387. The third-order valence-corrected chi connectivity index (χ3v) is 4.48. The van der Waals surface area contributed by atoms with Crippen molar-refractivity contribution in [1.82, 2.24) is 10.2 Å². The third-order valence-electron chi connectivity index (χ3n) is 4.48. The number of nitro groups is 1. The summed E-state index contributed by atoms with van der Waals surface area (Å²) in [6.45, 7) is 1.83. The fourth-order valence-corrected chi connectivity index (χ4v) is 2.89. The van der Waals surface area contributed by atoms with Crippen LogP contribution in [-0.4, -0.2) is 27.9 Å². The molecule has 0 aliphatic carbocycles. The summed E-state index contributed by atoms with van der Waals surface area (Å²) in [5.41, 5.74) is 1.42. The van der Waals surface area contributed by atoms with Crippen molar-refractivity contribution in [2.45, 2.75) is 25.9 Å². The molecule has 1 aromatic heterocycles. The summed E-state index contributed by atoms with van der Waals surface area (Å²) in [6.07, 6.45) is -0.0681. The van der Waals surface area contributed by atoms with Crippen LogP contribution >= 0.6 is 0 Å². The molecule has 1 atom stereocenters. The van der Waals surface area contributed by atoms with Gasteiger partial charge in [0, 0.05) is 24.1 Å². The van der Waals surface area contributed by atoms with Crippen molar-refractivity contribution >= 4 is 11.7 Å². The topological polar surface area (TPSA) is 127 Å². The molecular formula is C20H17N3O7.